The molecule has 0 fully saturated rings. The fraction of sp³-hybridized carbons (Fsp3) is 0.214. The Labute approximate surface area is 133 Å². The van der Waals surface area contributed by atoms with E-state index in [-0.39, 0.29) is 11.5 Å². The molecule has 4 nitrogen and oxygen atoms in total. The predicted molar refractivity (Wildman–Crippen MR) is 82.5 cm³/mol. The third-order valence-corrected chi connectivity index (χ3v) is 4.86. The normalized spacial score (nSPS) is 11.4. The van der Waals surface area contributed by atoms with Gasteiger partial charge in [-0.15, -0.1) is 0 Å². The van der Waals surface area contributed by atoms with E-state index in [4.69, 9.17) is 27.0 Å². The first-order chi connectivity index (χ1) is 9.79. The first kappa shape index (κ1) is 16.1. The zero-order chi connectivity index (χ0) is 15.6. The monoisotopic (exact) mass is 345 g/mol. The first-order valence-corrected chi connectivity index (χ1v) is 8.75. The summed E-state index contributed by atoms with van der Waals surface area (Å²) in [5.41, 5.74) is 1.89. The summed E-state index contributed by atoms with van der Waals surface area (Å²) in [5.74, 6) is 0.557. The van der Waals surface area contributed by atoms with Gasteiger partial charge in [0.15, 0.2) is 0 Å². The molecular formula is C14H13Cl2NO3S. The maximum absolute atomic E-state index is 11.5. The van der Waals surface area contributed by atoms with Crippen LogP contribution in [0.2, 0.25) is 5.02 Å². The molecule has 1 aromatic heterocycles. The molecule has 0 spiro atoms. The van der Waals surface area contributed by atoms with Gasteiger partial charge >= 0.3 is 0 Å². The Morgan fingerprint density at radius 3 is 2.38 bits per heavy atom. The van der Waals surface area contributed by atoms with Gasteiger partial charge in [-0.1, -0.05) is 11.6 Å². The standard InChI is InChI=1S/C14H13Cl2NO3S/c1-9-5-12(6-10(2)14(9)21(16,18)19)20-8-11-3-4-17-7-13(11)15/h3-7H,8H2,1-2H3. The maximum Gasteiger partial charge on any atom is 0.261 e. The number of benzene rings is 1. The molecule has 0 saturated heterocycles. The minimum atomic E-state index is -3.77. The number of hydrogen-bond donors (Lipinski definition) is 0. The van der Waals surface area contributed by atoms with Gasteiger partial charge in [0, 0.05) is 28.6 Å². The largest absolute Gasteiger partial charge is 0.489 e. The molecule has 0 aliphatic carbocycles. The maximum atomic E-state index is 11.5. The van der Waals surface area contributed by atoms with E-state index in [1.54, 1.807) is 44.4 Å². The number of ether oxygens (including phenoxy) is 1. The molecule has 0 aliphatic heterocycles. The molecule has 1 heterocycles. The smallest absolute Gasteiger partial charge is 0.261 e. The highest BCUT2D eigenvalue weighted by Gasteiger charge is 2.17. The molecule has 0 unspecified atom stereocenters. The quantitative estimate of drug-likeness (QED) is 0.789. The van der Waals surface area contributed by atoms with Gasteiger partial charge in [-0.05, 0) is 43.2 Å². The molecule has 0 saturated carbocycles. The van der Waals surface area contributed by atoms with Crippen molar-refractivity contribution >= 4 is 31.3 Å². The van der Waals surface area contributed by atoms with Gasteiger partial charge in [0.1, 0.15) is 12.4 Å². The first-order valence-electron chi connectivity index (χ1n) is 6.06. The SMILES string of the molecule is Cc1cc(OCc2ccncc2Cl)cc(C)c1S(=O)(=O)Cl. The molecule has 7 heteroatoms. The van der Waals surface area contributed by atoms with Gasteiger partial charge in [-0.25, -0.2) is 8.42 Å². The van der Waals surface area contributed by atoms with Crippen molar-refractivity contribution in [2.75, 3.05) is 0 Å². The molecule has 2 aromatic rings. The number of halogens is 2. The minimum absolute atomic E-state index is 0.124. The summed E-state index contributed by atoms with van der Waals surface area (Å²) < 4.78 is 28.7. The van der Waals surface area contributed by atoms with Crippen LogP contribution in [0.15, 0.2) is 35.5 Å². The predicted octanol–water partition coefficient (Wildman–Crippen LogP) is 3.86. The summed E-state index contributed by atoms with van der Waals surface area (Å²) in [6.45, 7) is 3.62. The van der Waals surface area contributed by atoms with Crippen molar-refractivity contribution in [2.45, 2.75) is 25.3 Å². The zero-order valence-corrected chi connectivity index (χ0v) is 13.8. The van der Waals surface area contributed by atoms with E-state index in [2.05, 4.69) is 4.98 Å². The summed E-state index contributed by atoms with van der Waals surface area (Å²) in [7, 11) is 1.65. The van der Waals surface area contributed by atoms with E-state index in [0.717, 1.165) is 5.56 Å². The molecule has 0 radical (unpaired) electrons. The van der Waals surface area contributed by atoms with Crippen LogP contribution < -0.4 is 4.74 Å². The topological polar surface area (TPSA) is 56.3 Å². The van der Waals surface area contributed by atoms with Gasteiger partial charge in [-0.2, -0.15) is 0 Å². The molecule has 0 N–H and O–H groups in total. The van der Waals surface area contributed by atoms with E-state index < -0.39 is 9.05 Å². The number of pyridine rings is 1. The highest BCUT2D eigenvalue weighted by molar-refractivity contribution is 8.13. The van der Waals surface area contributed by atoms with Crippen LogP contribution in [0.4, 0.5) is 0 Å². The second kappa shape index (κ2) is 6.22. The van der Waals surface area contributed by atoms with E-state index in [1.807, 2.05) is 0 Å². The van der Waals surface area contributed by atoms with Gasteiger partial charge < -0.3 is 4.74 Å². The lowest BCUT2D eigenvalue weighted by molar-refractivity contribution is 0.305. The fourth-order valence-corrected chi connectivity index (χ4v) is 3.85. The van der Waals surface area contributed by atoms with Crippen molar-refractivity contribution in [3.05, 3.63) is 52.3 Å². The fourth-order valence-electron chi connectivity index (χ4n) is 2.06. The van der Waals surface area contributed by atoms with E-state index in [0.29, 0.717) is 21.9 Å². The van der Waals surface area contributed by atoms with Crippen molar-refractivity contribution in [2.24, 2.45) is 0 Å². The van der Waals surface area contributed by atoms with E-state index in [9.17, 15) is 8.42 Å². The van der Waals surface area contributed by atoms with Crippen molar-refractivity contribution in [1.82, 2.24) is 4.98 Å². The van der Waals surface area contributed by atoms with Crippen molar-refractivity contribution < 1.29 is 13.2 Å². The Hall–Kier alpha value is -1.30. The van der Waals surface area contributed by atoms with Crippen LogP contribution in [0.25, 0.3) is 0 Å². The van der Waals surface area contributed by atoms with Crippen molar-refractivity contribution in [3.63, 3.8) is 0 Å². The Bertz CT molecular complexity index is 753. The van der Waals surface area contributed by atoms with Gasteiger partial charge in [-0.3, -0.25) is 4.98 Å². The van der Waals surface area contributed by atoms with Gasteiger partial charge in [0.25, 0.3) is 9.05 Å². The van der Waals surface area contributed by atoms with Crippen LogP contribution in [-0.2, 0) is 15.7 Å². The van der Waals surface area contributed by atoms with Gasteiger partial charge in [0.05, 0.1) is 9.92 Å². The third kappa shape index (κ3) is 3.87. The lowest BCUT2D eigenvalue weighted by Crippen LogP contribution is -2.01. The summed E-state index contributed by atoms with van der Waals surface area (Å²) in [6, 6.07) is 5.04. The Balaban J connectivity index is 2.25. The van der Waals surface area contributed by atoms with E-state index in [1.165, 1.54) is 0 Å². The number of aromatic nitrogens is 1. The van der Waals surface area contributed by atoms with Crippen LogP contribution in [0.3, 0.4) is 0 Å². The number of rotatable bonds is 4. The van der Waals surface area contributed by atoms with Crippen molar-refractivity contribution in [1.29, 1.82) is 0 Å². The average Bonchev–Trinajstić information content (AvgIpc) is 2.35. The summed E-state index contributed by atoms with van der Waals surface area (Å²) in [6.07, 6.45) is 3.17. The molecular weight excluding hydrogens is 333 g/mol. The molecule has 2 rings (SSSR count). The van der Waals surface area contributed by atoms with Gasteiger partial charge in [0.2, 0.25) is 0 Å². The molecule has 112 valence electrons. The van der Waals surface area contributed by atoms with E-state index >= 15 is 0 Å². The zero-order valence-electron chi connectivity index (χ0n) is 11.4. The summed E-state index contributed by atoms with van der Waals surface area (Å²) in [4.78, 5) is 4.02. The Morgan fingerprint density at radius 2 is 1.86 bits per heavy atom. The highest BCUT2D eigenvalue weighted by atomic mass is 35.7. The molecule has 1 aromatic carbocycles. The average molecular weight is 346 g/mol. The highest BCUT2D eigenvalue weighted by Crippen LogP contribution is 2.29. The third-order valence-electron chi connectivity index (χ3n) is 2.93. The lowest BCUT2D eigenvalue weighted by Gasteiger charge is -2.12. The molecule has 0 atom stereocenters. The second-order valence-corrected chi connectivity index (χ2v) is 7.49. The minimum Gasteiger partial charge on any atom is -0.489 e. The van der Waals surface area contributed by atoms with Crippen LogP contribution >= 0.6 is 22.3 Å². The molecule has 0 amide bonds. The number of nitrogens with zero attached hydrogens (tertiary/aromatic N) is 1. The van der Waals surface area contributed by atoms with Crippen LogP contribution in [0, 0.1) is 13.8 Å². The second-order valence-electron chi connectivity index (χ2n) is 4.58. The molecule has 0 bridgehead atoms. The number of hydrogen-bond acceptors (Lipinski definition) is 4. The Kier molecular flexibility index (Phi) is 4.76. The summed E-state index contributed by atoms with van der Waals surface area (Å²) >= 11 is 6.00. The molecule has 0 aliphatic rings. The Morgan fingerprint density at radius 1 is 1.24 bits per heavy atom. The number of aryl methyl sites for hydroxylation is 2. The van der Waals surface area contributed by atoms with Crippen LogP contribution in [-0.4, -0.2) is 13.4 Å². The van der Waals surface area contributed by atoms with Crippen molar-refractivity contribution in [3.8, 4) is 5.75 Å². The molecule has 21 heavy (non-hydrogen) atoms. The van der Waals surface area contributed by atoms with Crippen LogP contribution in [0.5, 0.6) is 5.75 Å². The van der Waals surface area contributed by atoms with Crippen LogP contribution in [0.1, 0.15) is 16.7 Å². The summed E-state index contributed by atoms with van der Waals surface area (Å²) in [5, 5.41) is 0.519. The lowest BCUT2D eigenvalue weighted by atomic mass is 10.1.